The highest BCUT2D eigenvalue weighted by atomic mass is 35.5. The van der Waals surface area contributed by atoms with Crippen LogP contribution in [-0.4, -0.2) is 25.8 Å². The first-order valence-electron chi connectivity index (χ1n) is 6.17. The van der Waals surface area contributed by atoms with E-state index in [1.165, 1.54) is 4.31 Å². The van der Waals surface area contributed by atoms with Crippen molar-refractivity contribution in [3.8, 4) is 0 Å². The molecule has 18 heavy (non-hydrogen) atoms. The first kappa shape index (κ1) is 13.8. The molecular weight excluding hydrogens is 270 g/mol. The van der Waals surface area contributed by atoms with Gasteiger partial charge in [-0.05, 0) is 43.5 Å². The lowest BCUT2D eigenvalue weighted by atomic mass is 10.2. The van der Waals surface area contributed by atoms with Crippen LogP contribution in [-0.2, 0) is 10.0 Å². The molecule has 1 aliphatic carbocycles. The van der Waals surface area contributed by atoms with Gasteiger partial charge in [0.05, 0.1) is 4.90 Å². The van der Waals surface area contributed by atoms with Crippen LogP contribution in [0.4, 0.5) is 0 Å². The quantitative estimate of drug-likeness (QED) is 0.856. The SMILES string of the molecule is Cc1cc(Cl)ccc1S(=O)(=O)N(C)C1CCCC1. The summed E-state index contributed by atoms with van der Waals surface area (Å²) in [6.45, 7) is 1.78. The lowest BCUT2D eigenvalue weighted by Gasteiger charge is -2.24. The number of halogens is 1. The van der Waals surface area contributed by atoms with Crippen molar-refractivity contribution in [2.24, 2.45) is 0 Å². The minimum Gasteiger partial charge on any atom is -0.207 e. The molecular formula is C13H18ClNO2S. The van der Waals surface area contributed by atoms with Crippen LogP contribution in [0.5, 0.6) is 0 Å². The van der Waals surface area contributed by atoms with E-state index in [1.54, 1.807) is 32.2 Å². The van der Waals surface area contributed by atoms with Gasteiger partial charge < -0.3 is 0 Å². The van der Waals surface area contributed by atoms with E-state index >= 15 is 0 Å². The maximum Gasteiger partial charge on any atom is 0.243 e. The maximum absolute atomic E-state index is 12.5. The van der Waals surface area contributed by atoms with Crippen molar-refractivity contribution in [1.29, 1.82) is 0 Å². The summed E-state index contributed by atoms with van der Waals surface area (Å²) in [7, 11) is -1.72. The molecule has 1 saturated carbocycles. The van der Waals surface area contributed by atoms with Crippen LogP contribution < -0.4 is 0 Å². The zero-order chi connectivity index (χ0) is 13.3. The molecule has 0 heterocycles. The molecule has 1 fully saturated rings. The highest BCUT2D eigenvalue weighted by Gasteiger charge is 2.30. The number of nitrogens with zero attached hydrogens (tertiary/aromatic N) is 1. The Hall–Kier alpha value is -0.580. The van der Waals surface area contributed by atoms with Gasteiger partial charge in [-0.25, -0.2) is 8.42 Å². The first-order chi connectivity index (χ1) is 8.43. The Labute approximate surface area is 114 Å². The average Bonchev–Trinajstić information content (AvgIpc) is 2.80. The van der Waals surface area contributed by atoms with E-state index in [0.29, 0.717) is 15.5 Å². The summed E-state index contributed by atoms with van der Waals surface area (Å²) in [5, 5.41) is 0.565. The van der Waals surface area contributed by atoms with E-state index in [4.69, 9.17) is 11.6 Å². The summed E-state index contributed by atoms with van der Waals surface area (Å²) in [5.41, 5.74) is 0.701. The third-order valence-electron chi connectivity index (χ3n) is 3.63. The van der Waals surface area contributed by atoms with Gasteiger partial charge in [0, 0.05) is 18.1 Å². The first-order valence-corrected chi connectivity index (χ1v) is 7.99. The molecule has 0 aromatic heterocycles. The fourth-order valence-electron chi connectivity index (χ4n) is 2.52. The van der Waals surface area contributed by atoms with Crippen LogP contribution in [0.15, 0.2) is 23.1 Å². The van der Waals surface area contributed by atoms with E-state index in [1.807, 2.05) is 0 Å². The average molecular weight is 288 g/mol. The van der Waals surface area contributed by atoms with E-state index < -0.39 is 10.0 Å². The van der Waals surface area contributed by atoms with Crippen LogP contribution >= 0.6 is 11.6 Å². The number of rotatable bonds is 3. The number of sulfonamides is 1. The lowest BCUT2D eigenvalue weighted by Crippen LogP contribution is -2.35. The third-order valence-corrected chi connectivity index (χ3v) is 5.94. The van der Waals surface area contributed by atoms with Gasteiger partial charge in [0.25, 0.3) is 0 Å². The Morgan fingerprint density at radius 1 is 1.28 bits per heavy atom. The highest BCUT2D eigenvalue weighted by Crippen LogP contribution is 2.29. The molecule has 0 bridgehead atoms. The van der Waals surface area contributed by atoms with Crippen LogP contribution in [0.3, 0.4) is 0 Å². The molecule has 0 N–H and O–H groups in total. The molecule has 100 valence electrons. The summed E-state index contributed by atoms with van der Waals surface area (Å²) < 4.78 is 26.6. The summed E-state index contributed by atoms with van der Waals surface area (Å²) in [6.07, 6.45) is 4.15. The van der Waals surface area contributed by atoms with Crippen molar-refractivity contribution in [2.45, 2.75) is 43.5 Å². The Kier molecular flexibility index (Phi) is 3.99. The third kappa shape index (κ3) is 2.56. The monoisotopic (exact) mass is 287 g/mol. The van der Waals surface area contributed by atoms with E-state index in [2.05, 4.69) is 0 Å². The standard InChI is InChI=1S/C13H18ClNO2S/c1-10-9-11(14)7-8-13(10)18(16,17)15(2)12-5-3-4-6-12/h7-9,12H,3-6H2,1-2H3. The van der Waals surface area contributed by atoms with Gasteiger partial charge in [-0.3, -0.25) is 0 Å². The minimum atomic E-state index is -3.40. The van der Waals surface area contributed by atoms with Crippen molar-refractivity contribution in [2.75, 3.05) is 7.05 Å². The normalized spacial score (nSPS) is 17.6. The predicted molar refractivity (Wildman–Crippen MR) is 73.4 cm³/mol. The second-order valence-electron chi connectivity index (χ2n) is 4.87. The minimum absolute atomic E-state index is 0.144. The summed E-state index contributed by atoms with van der Waals surface area (Å²) in [6, 6.07) is 5.06. The van der Waals surface area contributed by atoms with E-state index in [0.717, 1.165) is 25.7 Å². The second-order valence-corrected chi connectivity index (χ2v) is 7.27. The van der Waals surface area contributed by atoms with E-state index in [-0.39, 0.29) is 6.04 Å². The van der Waals surface area contributed by atoms with Gasteiger partial charge in [-0.1, -0.05) is 24.4 Å². The zero-order valence-electron chi connectivity index (χ0n) is 10.7. The van der Waals surface area contributed by atoms with Crippen LogP contribution in [0.2, 0.25) is 5.02 Å². The largest absolute Gasteiger partial charge is 0.243 e. The van der Waals surface area contributed by atoms with Gasteiger partial charge in [0.2, 0.25) is 10.0 Å². The highest BCUT2D eigenvalue weighted by molar-refractivity contribution is 7.89. The lowest BCUT2D eigenvalue weighted by molar-refractivity contribution is 0.373. The van der Waals surface area contributed by atoms with Gasteiger partial charge in [-0.15, -0.1) is 0 Å². The van der Waals surface area contributed by atoms with Crippen molar-refractivity contribution in [1.82, 2.24) is 4.31 Å². The molecule has 3 nitrogen and oxygen atoms in total. The van der Waals surface area contributed by atoms with Crippen molar-refractivity contribution >= 4 is 21.6 Å². The molecule has 0 amide bonds. The predicted octanol–water partition coefficient (Wildman–Crippen LogP) is 3.21. The van der Waals surface area contributed by atoms with Gasteiger partial charge in [0.1, 0.15) is 0 Å². The number of aryl methyl sites for hydroxylation is 1. The molecule has 2 rings (SSSR count). The number of hydrogen-bond acceptors (Lipinski definition) is 2. The molecule has 0 radical (unpaired) electrons. The van der Waals surface area contributed by atoms with Crippen molar-refractivity contribution < 1.29 is 8.42 Å². The zero-order valence-corrected chi connectivity index (χ0v) is 12.3. The van der Waals surface area contributed by atoms with Crippen molar-refractivity contribution in [3.05, 3.63) is 28.8 Å². The molecule has 0 saturated heterocycles. The molecule has 0 aliphatic heterocycles. The fraction of sp³-hybridized carbons (Fsp3) is 0.538. The van der Waals surface area contributed by atoms with Crippen LogP contribution in [0.1, 0.15) is 31.2 Å². The second kappa shape index (κ2) is 5.19. The Balaban J connectivity index is 2.35. The maximum atomic E-state index is 12.5. The molecule has 5 heteroatoms. The summed E-state index contributed by atoms with van der Waals surface area (Å²) in [4.78, 5) is 0.362. The molecule has 0 unspecified atom stereocenters. The summed E-state index contributed by atoms with van der Waals surface area (Å²) in [5.74, 6) is 0. The number of hydrogen-bond donors (Lipinski definition) is 0. The molecule has 0 atom stereocenters. The topological polar surface area (TPSA) is 37.4 Å². The van der Waals surface area contributed by atoms with Gasteiger partial charge >= 0.3 is 0 Å². The van der Waals surface area contributed by atoms with Crippen LogP contribution in [0, 0.1) is 6.92 Å². The summed E-state index contributed by atoms with van der Waals surface area (Å²) >= 11 is 5.87. The van der Waals surface area contributed by atoms with E-state index in [9.17, 15) is 8.42 Å². The molecule has 0 spiro atoms. The van der Waals surface area contributed by atoms with Crippen LogP contribution in [0.25, 0.3) is 0 Å². The Morgan fingerprint density at radius 3 is 2.44 bits per heavy atom. The van der Waals surface area contributed by atoms with Gasteiger partial charge in [0.15, 0.2) is 0 Å². The number of benzene rings is 1. The fourth-order valence-corrected chi connectivity index (χ4v) is 4.37. The molecule has 1 aromatic carbocycles. The molecule has 1 aromatic rings. The Morgan fingerprint density at radius 2 is 1.89 bits per heavy atom. The Bertz CT molecular complexity index is 536. The molecule has 1 aliphatic rings. The van der Waals surface area contributed by atoms with Crippen molar-refractivity contribution in [3.63, 3.8) is 0 Å². The van der Waals surface area contributed by atoms with Gasteiger partial charge in [-0.2, -0.15) is 4.31 Å². The smallest absolute Gasteiger partial charge is 0.207 e.